The molecule has 0 aliphatic heterocycles. The van der Waals surface area contributed by atoms with Crippen LogP contribution < -0.4 is 5.32 Å². The molecule has 0 unspecified atom stereocenters. The molecule has 1 aliphatic carbocycles. The maximum atomic E-state index is 4.86. The third-order valence-electron chi connectivity index (χ3n) is 3.35. The summed E-state index contributed by atoms with van der Waals surface area (Å²) < 4.78 is 0. The largest absolute Gasteiger partial charge is 0.307 e. The van der Waals surface area contributed by atoms with Crippen molar-refractivity contribution in [2.24, 2.45) is 0 Å². The van der Waals surface area contributed by atoms with Gasteiger partial charge in [0.15, 0.2) is 0 Å². The van der Waals surface area contributed by atoms with Crippen molar-refractivity contribution >= 4 is 11.3 Å². The molecule has 2 aromatic heterocycles. The van der Waals surface area contributed by atoms with Gasteiger partial charge in [-0.15, -0.1) is 11.3 Å². The molecule has 20 heavy (non-hydrogen) atoms. The molecular formula is C16H21N3S. The molecule has 0 aromatic carbocycles. The van der Waals surface area contributed by atoms with E-state index in [-0.39, 0.29) is 5.54 Å². The van der Waals surface area contributed by atoms with Crippen LogP contribution in [0.15, 0.2) is 24.4 Å². The van der Waals surface area contributed by atoms with Gasteiger partial charge in [-0.25, -0.2) is 4.98 Å². The Morgan fingerprint density at radius 3 is 2.70 bits per heavy atom. The number of hydrogen-bond donors (Lipinski definition) is 1. The van der Waals surface area contributed by atoms with Crippen LogP contribution in [0.2, 0.25) is 0 Å². The smallest absolute Gasteiger partial charge is 0.142 e. The fraction of sp³-hybridized carbons (Fsp3) is 0.500. The van der Waals surface area contributed by atoms with Gasteiger partial charge in [-0.2, -0.15) is 0 Å². The summed E-state index contributed by atoms with van der Waals surface area (Å²) >= 11 is 1.79. The lowest BCUT2D eigenvalue weighted by atomic mass is 10.1. The van der Waals surface area contributed by atoms with Crippen LogP contribution in [-0.2, 0) is 6.54 Å². The third kappa shape index (κ3) is 3.25. The Morgan fingerprint density at radius 2 is 2.10 bits per heavy atom. The number of rotatable bonds is 4. The second-order valence-corrected chi connectivity index (χ2v) is 7.50. The Labute approximate surface area is 124 Å². The lowest BCUT2D eigenvalue weighted by Gasteiger charge is -2.20. The van der Waals surface area contributed by atoms with Crippen molar-refractivity contribution in [3.05, 3.63) is 35.0 Å². The number of hydrogen-bond acceptors (Lipinski definition) is 4. The highest BCUT2D eigenvalue weighted by molar-refractivity contribution is 7.15. The third-order valence-corrected chi connectivity index (χ3v) is 4.45. The molecule has 3 rings (SSSR count). The second-order valence-electron chi connectivity index (χ2n) is 6.42. The van der Waals surface area contributed by atoms with E-state index in [4.69, 9.17) is 4.98 Å². The van der Waals surface area contributed by atoms with Crippen LogP contribution >= 0.6 is 11.3 Å². The Kier molecular flexibility index (Phi) is 3.61. The summed E-state index contributed by atoms with van der Waals surface area (Å²) in [7, 11) is 0. The normalized spacial score (nSPS) is 15.6. The van der Waals surface area contributed by atoms with Gasteiger partial charge in [0, 0.05) is 29.1 Å². The summed E-state index contributed by atoms with van der Waals surface area (Å²) in [4.78, 5) is 10.7. The van der Waals surface area contributed by atoms with Gasteiger partial charge in [0.1, 0.15) is 5.01 Å². The van der Waals surface area contributed by atoms with Crippen molar-refractivity contribution in [3.63, 3.8) is 0 Å². The van der Waals surface area contributed by atoms with E-state index >= 15 is 0 Å². The lowest BCUT2D eigenvalue weighted by Crippen LogP contribution is -2.35. The van der Waals surface area contributed by atoms with Crippen molar-refractivity contribution in [3.8, 4) is 10.7 Å². The van der Waals surface area contributed by atoms with Crippen LogP contribution in [0.3, 0.4) is 0 Å². The topological polar surface area (TPSA) is 37.8 Å². The maximum absolute atomic E-state index is 4.86. The summed E-state index contributed by atoms with van der Waals surface area (Å²) in [5, 5.41) is 4.63. The first-order chi connectivity index (χ1) is 9.53. The first-order valence-corrected chi connectivity index (χ1v) is 8.00. The van der Waals surface area contributed by atoms with E-state index in [0.717, 1.165) is 17.2 Å². The average molecular weight is 287 g/mol. The van der Waals surface area contributed by atoms with Crippen LogP contribution in [0.4, 0.5) is 0 Å². The number of nitrogens with zero attached hydrogens (tertiary/aromatic N) is 2. The summed E-state index contributed by atoms with van der Waals surface area (Å²) in [6.45, 7) is 7.50. The minimum Gasteiger partial charge on any atom is -0.307 e. The van der Waals surface area contributed by atoms with E-state index in [1.54, 1.807) is 11.3 Å². The second kappa shape index (κ2) is 5.26. The molecule has 1 fully saturated rings. The minimum absolute atomic E-state index is 0.135. The lowest BCUT2D eigenvalue weighted by molar-refractivity contribution is 0.425. The molecule has 0 atom stereocenters. The highest BCUT2D eigenvalue weighted by Gasteiger charge is 2.30. The zero-order valence-electron chi connectivity index (χ0n) is 12.3. The first kappa shape index (κ1) is 13.7. The van der Waals surface area contributed by atoms with Crippen LogP contribution in [0, 0.1) is 0 Å². The van der Waals surface area contributed by atoms with Crippen LogP contribution in [0.5, 0.6) is 0 Å². The van der Waals surface area contributed by atoms with Crippen molar-refractivity contribution in [1.29, 1.82) is 0 Å². The standard InChI is InChI=1S/C16H21N3S/c1-16(2,3)18-10-13-14(11-7-8-11)19-15(20-13)12-6-4-5-9-17-12/h4-6,9,11,18H,7-8,10H2,1-3H3. The molecule has 4 heteroatoms. The van der Waals surface area contributed by atoms with Gasteiger partial charge in [0.05, 0.1) is 11.4 Å². The van der Waals surface area contributed by atoms with Crippen molar-refractivity contribution in [2.45, 2.75) is 51.6 Å². The van der Waals surface area contributed by atoms with E-state index < -0.39 is 0 Å². The average Bonchev–Trinajstić information content (AvgIpc) is 3.17. The van der Waals surface area contributed by atoms with Crippen LogP contribution in [0.25, 0.3) is 10.7 Å². The molecule has 0 bridgehead atoms. The fourth-order valence-electron chi connectivity index (χ4n) is 2.11. The predicted molar refractivity (Wildman–Crippen MR) is 83.9 cm³/mol. The Bertz CT molecular complexity index is 580. The maximum Gasteiger partial charge on any atom is 0.142 e. The summed E-state index contributed by atoms with van der Waals surface area (Å²) in [5.41, 5.74) is 2.42. The highest BCUT2D eigenvalue weighted by atomic mass is 32.1. The van der Waals surface area contributed by atoms with Crippen LogP contribution in [0.1, 0.15) is 50.1 Å². The van der Waals surface area contributed by atoms with Gasteiger partial charge in [-0.05, 0) is 45.7 Å². The molecule has 3 nitrogen and oxygen atoms in total. The SMILES string of the molecule is CC(C)(C)NCc1sc(-c2ccccn2)nc1C1CC1. The van der Waals surface area contributed by atoms with Crippen molar-refractivity contribution < 1.29 is 0 Å². The molecule has 1 saturated carbocycles. The molecule has 1 aliphatic rings. The molecule has 0 radical (unpaired) electrons. The van der Waals surface area contributed by atoms with E-state index in [1.807, 2.05) is 24.4 Å². The van der Waals surface area contributed by atoms with Gasteiger partial charge in [0.2, 0.25) is 0 Å². The van der Waals surface area contributed by atoms with E-state index in [2.05, 4.69) is 31.1 Å². The van der Waals surface area contributed by atoms with Gasteiger partial charge in [-0.3, -0.25) is 4.98 Å². The zero-order valence-corrected chi connectivity index (χ0v) is 13.1. The Hall–Kier alpha value is -1.26. The number of pyridine rings is 1. The van der Waals surface area contributed by atoms with E-state index in [9.17, 15) is 0 Å². The molecule has 0 amide bonds. The van der Waals surface area contributed by atoms with Crippen molar-refractivity contribution in [1.82, 2.24) is 15.3 Å². The van der Waals surface area contributed by atoms with E-state index in [1.165, 1.54) is 23.4 Å². The zero-order chi connectivity index (χ0) is 14.2. The number of aromatic nitrogens is 2. The highest BCUT2D eigenvalue weighted by Crippen LogP contribution is 2.44. The van der Waals surface area contributed by atoms with Gasteiger partial charge in [0.25, 0.3) is 0 Å². The minimum atomic E-state index is 0.135. The molecule has 0 spiro atoms. The molecular weight excluding hydrogens is 266 g/mol. The number of thiazole rings is 1. The first-order valence-electron chi connectivity index (χ1n) is 7.19. The summed E-state index contributed by atoms with van der Waals surface area (Å²) in [6, 6.07) is 6.01. The number of nitrogens with one attached hydrogen (secondary N) is 1. The molecule has 106 valence electrons. The van der Waals surface area contributed by atoms with Crippen LogP contribution in [-0.4, -0.2) is 15.5 Å². The summed E-state index contributed by atoms with van der Waals surface area (Å²) in [6.07, 6.45) is 4.41. The van der Waals surface area contributed by atoms with Gasteiger partial charge in [-0.1, -0.05) is 6.07 Å². The van der Waals surface area contributed by atoms with E-state index in [0.29, 0.717) is 5.92 Å². The molecule has 1 N–H and O–H groups in total. The van der Waals surface area contributed by atoms with Gasteiger partial charge >= 0.3 is 0 Å². The van der Waals surface area contributed by atoms with Gasteiger partial charge < -0.3 is 5.32 Å². The Balaban J connectivity index is 1.87. The molecule has 2 aromatic rings. The molecule has 0 saturated heterocycles. The fourth-order valence-corrected chi connectivity index (χ4v) is 3.17. The quantitative estimate of drug-likeness (QED) is 0.924. The predicted octanol–water partition coefficient (Wildman–Crippen LogP) is 3.97. The monoisotopic (exact) mass is 287 g/mol. The summed E-state index contributed by atoms with van der Waals surface area (Å²) in [5.74, 6) is 0.681. The molecule has 2 heterocycles. The van der Waals surface area contributed by atoms with Crippen molar-refractivity contribution in [2.75, 3.05) is 0 Å². The Morgan fingerprint density at radius 1 is 1.30 bits per heavy atom.